The highest BCUT2D eigenvalue weighted by atomic mass is 32.2. The Morgan fingerprint density at radius 2 is 1.81 bits per heavy atom. The molecule has 0 spiro atoms. The van der Waals surface area contributed by atoms with Gasteiger partial charge in [-0.3, -0.25) is 24.1 Å². The standard InChI is InChI=1S/C32H32F4N6O5S/c1-2-40-29-24(26(39-42(29)21-10-12-47-13-11-21)31(46)41-16-48-15-22(41)27(37)43)23(17-6-8-20(33)9-7-17)25(30(40)45)38-28(44)18-4-3-5-19(14-18)32(34,35)36/h3-9,14,21-23,25H,2,10-13,15-16H2,1H3,(H2,37,43)(H,38,44)/t22?,23-,25-/m0/s1. The first-order valence-corrected chi connectivity index (χ1v) is 16.5. The van der Waals surface area contributed by atoms with Crippen LogP contribution in [0.1, 0.15) is 69.3 Å². The zero-order valence-corrected chi connectivity index (χ0v) is 26.5. The van der Waals surface area contributed by atoms with Gasteiger partial charge in [0.15, 0.2) is 5.69 Å². The third-order valence-electron chi connectivity index (χ3n) is 8.85. The van der Waals surface area contributed by atoms with Gasteiger partial charge in [0, 0.05) is 42.6 Å². The molecule has 0 aliphatic carbocycles. The molecule has 16 heteroatoms. The first kappa shape index (κ1) is 33.5. The van der Waals surface area contributed by atoms with Crippen LogP contribution < -0.4 is 16.0 Å². The summed E-state index contributed by atoms with van der Waals surface area (Å²) in [4.78, 5) is 57.4. The number of nitrogens with two attached hydrogens (primary N) is 1. The number of likely N-dealkylation sites (N-methyl/N-ethyl adjacent to an activating group) is 1. The maximum atomic E-state index is 14.4. The van der Waals surface area contributed by atoms with Crippen molar-refractivity contribution >= 4 is 41.2 Å². The molecule has 254 valence electrons. The van der Waals surface area contributed by atoms with Crippen LogP contribution in [-0.4, -0.2) is 81.8 Å². The highest BCUT2D eigenvalue weighted by Crippen LogP contribution is 2.45. The van der Waals surface area contributed by atoms with Gasteiger partial charge in [-0.05, 0) is 55.7 Å². The molecule has 1 aromatic heterocycles. The molecule has 0 saturated carbocycles. The lowest BCUT2D eigenvalue weighted by Gasteiger charge is -2.39. The number of primary amides is 1. The lowest BCUT2D eigenvalue weighted by molar-refractivity contribution is -0.137. The number of carbonyl (C=O) groups excluding carboxylic acids is 4. The number of nitrogens with one attached hydrogen (secondary N) is 1. The Morgan fingerprint density at radius 1 is 1.10 bits per heavy atom. The molecule has 3 N–H and O–H groups in total. The quantitative estimate of drug-likeness (QED) is 0.361. The number of rotatable bonds is 7. The Morgan fingerprint density at radius 3 is 2.46 bits per heavy atom. The van der Waals surface area contributed by atoms with Crippen LogP contribution in [0, 0.1) is 5.82 Å². The number of alkyl halides is 3. The van der Waals surface area contributed by atoms with Crippen LogP contribution in [-0.2, 0) is 20.5 Å². The Labute approximate surface area is 276 Å². The van der Waals surface area contributed by atoms with Gasteiger partial charge in [-0.2, -0.15) is 18.3 Å². The van der Waals surface area contributed by atoms with E-state index in [9.17, 15) is 36.7 Å². The molecule has 3 atom stereocenters. The molecular weight excluding hydrogens is 656 g/mol. The van der Waals surface area contributed by atoms with Crippen molar-refractivity contribution in [2.75, 3.05) is 36.3 Å². The topological polar surface area (TPSA) is 140 Å². The second-order valence-electron chi connectivity index (χ2n) is 11.7. The number of aromatic nitrogens is 2. The molecule has 48 heavy (non-hydrogen) atoms. The fraction of sp³-hybridized carbons (Fsp3) is 0.406. The minimum absolute atomic E-state index is 0.0798. The predicted molar refractivity (Wildman–Crippen MR) is 167 cm³/mol. The monoisotopic (exact) mass is 688 g/mol. The molecular formula is C32H32F4N6O5S. The maximum Gasteiger partial charge on any atom is 0.416 e. The van der Waals surface area contributed by atoms with Crippen molar-refractivity contribution in [3.63, 3.8) is 0 Å². The number of fused-ring (bicyclic) bond motifs is 1. The lowest BCUT2D eigenvalue weighted by Crippen LogP contribution is -2.56. The smallest absolute Gasteiger partial charge is 0.381 e. The van der Waals surface area contributed by atoms with Gasteiger partial charge in [0.1, 0.15) is 23.7 Å². The number of thioether (sulfide) groups is 1. The predicted octanol–water partition coefficient (Wildman–Crippen LogP) is 3.69. The van der Waals surface area contributed by atoms with Crippen molar-refractivity contribution in [1.82, 2.24) is 20.0 Å². The average molecular weight is 689 g/mol. The molecule has 3 aromatic rings. The molecule has 6 rings (SSSR count). The van der Waals surface area contributed by atoms with E-state index in [4.69, 9.17) is 15.6 Å². The lowest BCUT2D eigenvalue weighted by atomic mass is 9.80. The van der Waals surface area contributed by atoms with Crippen molar-refractivity contribution in [1.29, 1.82) is 0 Å². The molecule has 0 radical (unpaired) electrons. The highest BCUT2D eigenvalue weighted by Gasteiger charge is 2.49. The average Bonchev–Trinajstić information content (AvgIpc) is 3.72. The SMILES string of the molecule is CCN1C(=O)[C@@H](NC(=O)c2cccc(C(F)(F)F)c2)[C@@H](c2ccc(F)cc2)c2c(C(=O)N3CSCC3C(N)=O)nn(C3CCOCC3)c21. The molecule has 2 saturated heterocycles. The number of ether oxygens (including phenoxy) is 1. The van der Waals surface area contributed by atoms with Gasteiger partial charge in [-0.1, -0.05) is 18.2 Å². The summed E-state index contributed by atoms with van der Waals surface area (Å²) in [5.74, 6) is -3.84. The Bertz CT molecular complexity index is 1740. The summed E-state index contributed by atoms with van der Waals surface area (Å²) in [6.07, 6.45) is -3.67. The van der Waals surface area contributed by atoms with E-state index < -0.39 is 59.2 Å². The van der Waals surface area contributed by atoms with Crippen LogP contribution in [0.2, 0.25) is 0 Å². The molecule has 2 fully saturated rings. The van der Waals surface area contributed by atoms with Crippen LogP contribution in [0.15, 0.2) is 48.5 Å². The highest BCUT2D eigenvalue weighted by molar-refractivity contribution is 7.99. The van der Waals surface area contributed by atoms with E-state index >= 15 is 0 Å². The van der Waals surface area contributed by atoms with E-state index in [2.05, 4.69) is 5.32 Å². The minimum Gasteiger partial charge on any atom is -0.381 e. The fourth-order valence-electron chi connectivity index (χ4n) is 6.47. The third-order valence-corrected chi connectivity index (χ3v) is 9.86. The number of halogens is 4. The molecule has 4 heterocycles. The molecule has 11 nitrogen and oxygen atoms in total. The number of hydrogen-bond acceptors (Lipinski definition) is 7. The Kier molecular flexibility index (Phi) is 9.22. The normalized spacial score (nSPS) is 21.7. The number of anilines is 1. The van der Waals surface area contributed by atoms with Gasteiger partial charge in [0.05, 0.1) is 17.5 Å². The second kappa shape index (κ2) is 13.2. The second-order valence-corrected chi connectivity index (χ2v) is 12.7. The summed E-state index contributed by atoms with van der Waals surface area (Å²) in [6.45, 7) is 2.61. The van der Waals surface area contributed by atoms with Gasteiger partial charge in [0.2, 0.25) is 5.91 Å². The van der Waals surface area contributed by atoms with Gasteiger partial charge >= 0.3 is 6.18 Å². The third kappa shape index (κ3) is 6.14. The zero-order valence-electron chi connectivity index (χ0n) is 25.7. The van der Waals surface area contributed by atoms with Crippen molar-refractivity contribution in [3.05, 3.63) is 82.3 Å². The van der Waals surface area contributed by atoms with Crippen LogP contribution in [0.3, 0.4) is 0 Å². The summed E-state index contributed by atoms with van der Waals surface area (Å²) in [7, 11) is 0. The Balaban J connectivity index is 1.54. The summed E-state index contributed by atoms with van der Waals surface area (Å²) in [5, 5.41) is 7.43. The van der Waals surface area contributed by atoms with Gasteiger partial charge in [-0.25, -0.2) is 9.07 Å². The molecule has 4 amide bonds. The van der Waals surface area contributed by atoms with Crippen LogP contribution in [0.4, 0.5) is 23.4 Å². The van der Waals surface area contributed by atoms with Crippen molar-refractivity contribution in [3.8, 4) is 0 Å². The van der Waals surface area contributed by atoms with Crippen molar-refractivity contribution in [2.24, 2.45) is 5.73 Å². The zero-order chi connectivity index (χ0) is 34.3. The Hall–Kier alpha value is -4.44. The fourth-order valence-corrected chi connectivity index (χ4v) is 7.64. The van der Waals surface area contributed by atoms with Gasteiger partial charge < -0.3 is 20.7 Å². The van der Waals surface area contributed by atoms with Crippen LogP contribution >= 0.6 is 11.8 Å². The van der Waals surface area contributed by atoms with Gasteiger partial charge in [-0.15, -0.1) is 11.8 Å². The van der Waals surface area contributed by atoms with E-state index in [1.54, 1.807) is 11.6 Å². The number of benzene rings is 2. The number of carbonyl (C=O) groups is 4. The largest absolute Gasteiger partial charge is 0.416 e. The first-order chi connectivity index (χ1) is 22.9. The summed E-state index contributed by atoms with van der Waals surface area (Å²) < 4.78 is 61.9. The van der Waals surface area contributed by atoms with E-state index in [0.29, 0.717) is 43.5 Å². The van der Waals surface area contributed by atoms with E-state index in [1.807, 2.05) is 0 Å². The van der Waals surface area contributed by atoms with E-state index in [0.717, 1.165) is 12.1 Å². The molecule has 1 unspecified atom stereocenters. The number of amides is 4. The number of hydrogen-bond donors (Lipinski definition) is 2. The van der Waals surface area contributed by atoms with E-state index in [1.165, 1.54) is 51.9 Å². The molecule has 2 aromatic carbocycles. The summed E-state index contributed by atoms with van der Waals surface area (Å²) in [6, 6.07) is 6.33. The number of nitrogens with zero attached hydrogens (tertiary/aromatic N) is 4. The minimum atomic E-state index is -4.72. The van der Waals surface area contributed by atoms with Crippen LogP contribution in [0.25, 0.3) is 0 Å². The van der Waals surface area contributed by atoms with E-state index in [-0.39, 0.29) is 41.0 Å². The summed E-state index contributed by atoms with van der Waals surface area (Å²) >= 11 is 1.34. The molecule has 3 aliphatic rings. The van der Waals surface area contributed by atoms with Crippen molar-refractivity contribution < 1.29 is 41.5 Å². The van der Waals surface area contributed by atoms with Gasteiger partial charge in [0.25, 0.3) is 17.7 Å². The summed E-state index contributed by atoms with van der Waals surface area (Å²) in [5.41, 5.74) is 4.78. The molecule has 0 bridgehead atoms. The maximum absolute atomic E-state index is 14.4. The first-order valence-electron chi connectivity index (χ1n) is 15.3. The van der Waals surface area contributed by atoms with Crippen LogP contribution in [0.5, 0.6) is 0 Å². The van der Waals surface area contributed by atoms with Crippen molar-refractivity contribution in [2.45, 2.75) is 50.0 Å². The molecule has 3 aliphatic heterocycles.